The van der Waals surface area contributed by atoms with Crippen LogP contribution in [0.4, 0.5) is 17.6 Å². The highest BCUT2D eigenvalue weighted by Gasteiger charge is 2.35. The molecule has 1 aliphatic heterocycles. The molecule has 0 radical (unpaired) electrons. The molecule has 0 aliphatic carbocycles. The van der Waals surface area contributed by atoms with E-state index in [1.54, 1.807) is 0 Å². The van der Waals surface area contributed by atoms with Gasteiger partial charge in [0, 0.05) is 32.2 Å². The van der Waals surface area contributed by atoms with Crippen LogP contribution in [0.1, 0.15) is 37.4 Å². The second-order valence-corrected chi connectivity index (χ2v) is 6.17. The van der Waals surface area contributed by atoms with Gasteiger partial charge in [0.15, 0.2) is 0 Å². The molecule has 23 heavy (non-hydrogen) atoms. The first-order chi connectivity index (χ1) is 10.3. The highest BCUT2D eigenvalue weighted by atomic mass is 35.5. The molecular formula is C16H23ClF4N2. The summed E-state index contributed by atoms with van der Waals surface area (Å²) in [6.45, 7) is 7.31. The lowest BCUT2D eigenvalue weighted by molar-refractivity contribution is -0.140. The van der Waals surface area contributed by atoms with Crippen LogP contribution in [0.5, 0.6) is 0 Å². The van der Waals surface area contributed by atoms with Gasteiger partial charge in [0.1, 0.15) is 5.82 Å². The van der Waals surface area contributed by atoms with Crippen molar-refractivity contribution in [1.82, 2.24) is 10.2 Å². The van der Waals surface area contributed by atoms with Gasteiger partial charge in [0.05, 0.1) is 5.56 Å². The van der Waals surface area contributed by atoms with Gasteiger partial charge < -0.3 is 5.32 Å². The number of rotatable bonds is 4. The molecule has 2 nitrogen and oxygen atoms in total. The minimum atomic E-state index is -4.66. The third-order valence-corrected chi connectivity index (χ3v) is 3.97. The summed E-state index contributed by atoms with van der Waals surface area (Å²) in [6.07, 6.45) is -3.91. The number of benzene rings is 1. The van der Waals surface area contributed by atoms with E-state index >= 15 is 0 Å². The van der Waals surface area contributed by atoms with Crippen molar-refractivity contribution in [3.05, 3.63) is 35.1 Å². The third kappa shape index (κ3) is 5.33. The van der Waals surface area contributed by atoms with E-state index < -0.39 is 17.6 Å². The number of piperazine rings is 1. The molecule has 0 saturated carbocycles. The van der Waals surface area contributed by atoms with E-state index in [0.29, 0.717) is 11.5 Å². The molecule has 7 heteroatoms. The average Bonchev–Trinajstić information content (AvgIpc) is 2.45. The van der Waals surface area contributed by atoms with Crippen LogP contribution in [0.15, 0.2) is 18.2 Å². The zero-order valence-electron chi connectivity index (χ0n) is 13.3. The number of hydrogen-bond donors (Lipinski definition) is 1. The van der Waals surface area contributed by atoms with Gasteiger partial charge in [-0.15, -0.1) is 12.4 Å². The largest absolute Gasteiger partial charge is 0.419 e. The Hall–Kier alpha value is -0.850. The highest BCUT2D eigenvalue weighted by Crippen LogP contribution is 2.35. The number of halogens is 5. The molecule has 1 saturated heterocycles. The minimum Gasteiger partial charge on any atom is -0.314 e. The van der Waals surface area contributed by atoms with Gasteiger partial charge in [0.25, 0.3) is 0 Å². The lowest BCUT2D eigenvalue weighted by Crippen LogP contribution is -2.45. The number of nitrogens with zero attached hydrogens (tertiary/aromatic N) is 1. The van der Waals surface area contributed by atoms with Gasteiger partial charge in [-0.05, 0) is 30.0 Å². The molecular weight excluding hydrogens is 332 g/mol. The van der Waals surface area contributed by atoms with Gasteiger partial charge in [-0.2, -0.15) is 13.2 Å². The highest BCUT2D eigenvalue weighted by molar-refractivity contribution is 5.85. The molecule has 1 aromatic rings. The first kappa shape index (κ1) is 20.2. The molecule has 0 bridgehead atoms. The molecule has 132 valence electrons. The fourth-order valence-corrected chi connectivity index (χ4v) is 2.90. The predicted octanol–water partition coefficient (Wildman–Crippen LogP) is 4.26. The van der Waals surface area contributed by atoms with Crippen molar-refractivity contribution in [3.63, 3.8) is 0 Å². The van der Waals surface area contributed by atoms with Crippen LogP contribution in [-0.2, 0) is 6.18 Å². The smallest absolute Gasteiger partial charge is 0.314 e. The van der Waals surface area contributed by atoms with Gasteiger partial charge in [-0.3, -0.25) is 4.90 Å². The lowest BCUT2D eigenvalue weighted by Gasteiger charge is -2.36. The van der Waals surface area contributed by atoms with E-state index in [0.717, 1.165) is 44.7 Å². The predicted molar refractivity (Wildman–Crippen MR) is 85.3 cm³/mol. The summed E-state index contributed by atoms with van der Waals surface area (Å²) in [7, 11) is 0. The Balaban J connectivity index is 0.00000264. The van der Waals surface area contributed by atoms with E-state index in [9.17, 15) is 17.6 Å². The van der Waals surface area contributed by atoms with Crippen LogP contribution >= 0.6 is 12.4 Å². The monoisotopic (exact) mass is 354 g/mol. The normalized spacial score (nSPS) is 17.9. The molecule has 1 aliphatic rings. The first-order valence-corrected chi connectivity index (χ1v) is 7.60. The summed E-state index contributed by atoms with van der Waals surface area (Å²) < 4.78 is 52.3. The summed E-state index contributed by atoms with van der Waals surface area (Å²) in [5.74, 6) is -0.862. The van der Waals surface area contributed by atoms with Crippen LogP contribution in [-0.4, -0.2) is 31.1 Å². The molecule has 0 aromatic heterocycles. The molecule has 0 amide bonds. The van der Waals surface area contributed by atoms with Gasteiger partial charge >= 0.3 is 6.18 Å². The maximum absolute atomic E-state index is 13.5. The molecule has 0 spiro atoms. The summed E-state index contributed by atoms with van der Waals surface area (Å²) in [6, 6.07) is 3.29. The number of alkyl halides is 3. The van der Waals surface area contributed by atoms with Gasteiger partial charge in [-0.1, -0.05) is 19.9 Å². The lowest BCUT2D eigenvalue weighted by atomic mass is 9.93. The Morgan fingerprint density at radius 1 is 1.17 bits per heavy atom. The van der Waals surface area contributed by atoms with Crippen LogP contribution < -0.4 is 5.32 Å². The molecule has 1 fully saturated rings. The molecule has 1 aromatic carbocycles. The number of nitrogens with one attached hydrogen (secondary N) is 1. The Morgan fingerprint density at radius 2 is 1.78 bits per heavy atom. The maximum atomic E-state index is 13.5. The summed E-state index contributed by atoms with van der Waals surface area (Å²) >= 11 is 0. The van der Waals surface area contributed by atoms with Crippen molar-refractivity contribution >= 4 is 12.4 Å². The topological polar surface area (TPSA) is 15.3 Å². The van der Waals surface area contributed by atoms with Gasteiger partial charge in [0.2, 0.25) is 0 Å². The van der Waals surface area contributed by atoms with Crippen molar-refractivity contribution in [2.24, 2.45) is 5.92 Å². The Kier molecular flexibility index (Phi) is 7.29. The zero-order chi connectivity index (χ0) is 16.3. The van der Waals surface area contributed by atoms with E-state index in [2.05, 4.69) is 10.2 Å². The standard InChI is InChI=1S/C16H22F4N2.ClH/c1-11(2)9-15(22-7-5-21-6-8-22)12-3-4-14(17)13(10-12)16(18,19)20;/h3-4,10-11,15,21H,5-9H2,1-2H3;1H/t15-;/m1./s1. The van der Waals surface area contributed by atoms with E-state index in [-0.39, 0.29) is 18.4 Å². The third-order valence-electron chi connectivity index (χ3n) is 3.97. The Morgan fingerprint density at radius 3 is 2.30 bits per heavy atom. The first-order valence-electron chi connectivity index (χ1n) is 7.60. The zero-order valence-corrected chi connectivity index (χ0v) is 14.1. The summed E-state index contributed by atoms with van der Waals surface area (Å²) in [5, 5.41) is 3.24. The average molecular weight is 355 g/mol. The molecule has 1 atom stereocenters. The van der Waals surface area contributed by atoms with E-state index in [1.807, 2.05) is 13.8 Å². The van der Waals surface area contributed by atoms with Crippen molar-refractivity contribution in [1.29, 1.82) is 0 Å². The Labute approximate surface area is 140 Å². The van der Waals surface area contributed by atoms with Crippen molar-refractivity contribution in [2.45, 2.75) is 32.5 Å². The van der Waals surface area contributed by atoms with Crippen molar-refractivity contribution in [2.75, 3.05) is 26.2 Å². The van der Waals surface area contributed by atoms with Crippen LogP contribution in [0.2, 0.25) is 0 Å². The molecule has 1 heterocycles. The van der Waals surface area contributed by atoms with Crippen molar-refractivity contribution in [3.8, 4) is 0 Å². The van der Waals surface area contributed by atoms with Crippen LogP contribution in [0.3, 0.4) is 0 Å². The SMILES string of the molecule is CC(C)C[C@H](c1ccc(F)c(C(F)(F)F)c1)N1CCNCC1.Cl. The minimum absolute atomic E-state index is 0. The molecule has 1 N–H and O–H groups in total. The quantitative estimate of drug-likeness (QED) is 0.813. The summed E-state index contributed by atoms with van der Waals surface area (Å²) in [4.78, 5) is 2.18. The summed E-state index contributed by atoms with van der Waals surface area (Å²) in [5.41, 5.74) is -0.627. The molecule has 0 unspecified atom stereocenters. The van der Waals surface area contributed by atoms with Gasteiger partial charge in [-0.25, -0.2) is 4.39 Å². The fraction of sp³-hybridized carbons (Fsp3) is 0.625. The second kappa shape index (κ2) is 8.31. The van der Waals surface area contributed by atoms with Crippen LogP contribution in [0, 0.1) is 11.7 Å². The maximum Gasteiger partial charge on any atom is 0.419 e. The Bertz CT molecular complexity index is 499. The fourth-order valence-electron chi connectivity index (χ4n) is 2.90. The van der Waals surface area contributed by atoms with Crippen molar-refractivity contribution < 1.29 is 17.6 Å². The van der Waals surface area contributed by atoms with E-state index in [4.69, 9.17) is 0 Å². The van der Waals surface area contributed by atoms with Crippen LogP contribution in [0.25, 0.3) is 0 Å². The number of hydrogen-bond acceptors (Lipinski definition) is 2. The second-order valence-electron chi connectivity index (χ2n) is 6.17. The molecule has 2 rings (SSSR count). The van der Waals surface area contributed by atoms with E-state index in [1.165, 1.54) is 6.07 Å².